The van der Waals surface area contributed by atoms with E-state index in [9.17, 15) is 4.79 Å². The van der Waals surface area contributed by atoms with E-state index in [1.807, 2.05) is 49.4 Å². The molecule has 1 aliphatic carbocycles. The maximum Gasteiger partial charge on any atom is 0.431 e. The number of amides is 1. The molecule has 1 amide bonds. The van der Waals surface area contributed by atoms with E-state index in [1.54, 1.807) is 7.11 Å². The zero-order valence-corrected chi connectivity index (χ0v) is 18.0. The van der Waals surface area contributed by atoms with Gasteiger partial charge in [-0.05, 0) is 68.0 Å². The van der Waals surface area contributed by atoms with Gasteiger partial charge in [-0.2, -0.15) is 10.1 Å². The van der Waals surface area contributed by atoms with Crippen LogP contribution in [0.1, 0.15) is 50.2 Å². The van der Waals surface area contributed by atoms with Crippen LogP contribution in [0.2, 0.25) is 0 Å². The van der Waals surface area contributed by atoms with Gasteiger partial charge in [0.05, 0.1) is 19.8 Å². The highest BCUT2D eigenvalue weighted by molar-refractivity contribution is 6.06. The van der Waals surface area contributed by atoms with Crippen molar-refractivity contribution >= 4 is 17.5 Å². The summed E-state index contributed by atoms with van der Waals surface area (Å²) < 4.78 is 17.4. The van der Waals surface area contributed by atoms with Gasteiger partial charge < -0.3 is 19.9 Å². The minimum atomic E-state index is -0.464. The van der Waals surface area contributed by atoms with E-state index in [1.165, 1.54) is 17.9 Å². The highest BCUT2D eigenvalue weighted by atomic mass is 16.6. The number of cyclic esters (lactones) is 1. The summed E-state index contributed by atoms with van der Waals surface area (Å²) in [4.78, 5) is 12.5. The number of anilines is 1. The Morgan fingerprint density at radius 1 is 1.16 bits per heavy atom. The highest BCUT2D eigenvalue weighted by Crippen LogP contribution is 2.33. The van der Waals surface area contributed by atoms with E-state index in [2.05, 4.69) is 5.10 Å². The van der Waals surface area contributed by atoms with Crippen molar-refractivity contribution in [2.75, 3.05) is 12.8 Å². The minimum Gasteiger partial charge on any atom is -0.493 e. The second kappa shape index (κ2) is 9.29. The number of benzene rings is 2. The van der Waals surface area contributed by atoms with Crippen LogP contribution in [0, 0.1) is 0 Å². The van der Waals surface area contributed by atoms with Crippen molar-refractivity contribution in [3.8, 4) is 11.5 Å². The van der Waals surface area contributed by atoms with Crippen LogP contribution in [0.5, 0.6) is 11.5 Å². The summed E-state index contributed by atoms with van der Waals surface area (Å²) in [6, 6.07) is 13.2. The van der Waals surface area contributed by atoms with Gasteiger partial charge >= 0.3 is 6.09 Å². The largest absolute Gasteiger partial charge is 0.493 e. The molecule has 4 rings (SSSR count). The first kappa shape index (κ1) is 21.0. The van der Waals surface area contributed by atoms with Crippen LogP contribution < -0.4 is 15.2 Å². The third kappa shape index (κ3) is 4.76. The molecule has 164 valence electrons. The molecule has 1 fully saturated rings. The molecule has 0 aromatic heterocycles. The molecule has 0 bridgehead atoms. The lowest BCUT2D eigenvalue weighted by Crippen LogP contribution is -2.41. The Morgan fingerprint density at radius 2 is 1.97 bits per heavy atom. The van der Waals surface area contributed by atoms with Crippen molar-refractivity contribution in [3.05, 3.63) is 53.6 Å². The molecule has 31 heavy (non-hydrogen) atoms. The summed E-state index contributed by atoms with van der Waals surface area (Å²) in [6.07, 6.45) is 4.43. The van der Waals surface area contributed by atoms with Gasteiger partial charge in [-0.15, -0.1) is 0 Å². The van der Waals surface area contributed by atoms with E-state index in [0.29, 0.717) is 29.3 Å². The number of ether oxygens (including phenoxy) is 3. The number of nitrogens with two attached hydrogens (primary N) is 1. The molecular formula is C24H29N3O4. The Hall–Kier alpha value is -3.22. The fourth-order valence-electron chi connectivity index (χ4n) is 4.07. The van der Waals surface area contributed by atoms with Gasteiger partial charge in [-0.1, -0.05) is 19.1 Å². The molecule has 1 atom stereocenters. The Kier molecular flexibility index (Phi) is 6.30. The monoisotopic (exact) mass is 423 g/mol. The lowest BCUT2D eigenvalue weighted by Gasteiger charge is -2.29. The molecule has 0 saturated heterocycles. The number of carbonyl (C=O) groups excluding carboxylic acids is 1. The third-order valence-electron chi connectivity index (χ3n) is 5.70. The number of nitrogen functional groups attached to an aromatic ring is 1. The summed E-state index contributed by atoms with van der Waals surface area (Å²) in [5.74, 6) is 1.39. The van der Waals surface area contributed by atoms with Crippen molar-refractivity contribution in [1.82, 2.24) is 5.01 Å². The topological polar surface area (TPSA) is 86.4 Å². The standard InChI is InChI=1S/C24H29N3O4/c1-3-20-23(26-27(24(28)31-20)15-16-7-6-8-18(25)13-16)17-11-12-21(29-2)22(14-17)30-19-9-4-5-10-19/h6-8,11-14,19-20H,3-5,9-10,15,25H2,1-2H3. The number of hydrazone groups is 1. The van der Waals surface area contributed by atoms with Gasteiger partial charge in [0.1, 0.15) is 11.8 Å². The van der Waals surface area contributed by atoms with E-state index in [0.717, 1.165) is 24.0 Å². The lowest BCUT2D eigenvalue weighted by atomic mass is 10.0. The first-order valence-electron chi connectivity index (χ1n) is 10.8. The zero-order valence-electron chi connectivity index (χ0n) is 18.0. The quantitative estimate of drug-likeness (QED) is 0.651. The van der Waals surface area contributed by atoms with Crippen LogP contribution >= 0.6 is 0 Å². The number of rotatable bonds is 7. The average Bonchev–Trinajstić information content (AvgIpc) is 3.28. The Labute approximate surface area is 182 Å². The van der Waals surface area contributed by atoms with E-state index in [-0.39, 0.29) is 12.6 Å². The molecular weight excluding hydrogens is 394 g/mol. The highest BCUT2D eigenvalue weighted by Gasteiger charge is 2.31. The summed E-state index contributed by atoms with van der Waals surface area (Å²) in [6.45, 7) is 2.26. The van der Waals surface area contributed by atoms with Crippen molar-refractivity contribution in [1.29, 1.82) is 0 Å². The molecule has 2 aromatic rings. The van der Waals surface area contributed by atoms with E-state index >= 15 is 0 Å². The Morgan fingerprint density at radius 3 is 2.68 bits per heavy atom. The second-order valence-corrected chi connectivity index (χ2v) is 7.96. The molecule has 1 heterocycles. The predicted molar refractivity (Wildman–Crippen MR) is 119 cm³/mol. The summed E-state index contributed by atoms with van der Waals surface area (Å²) in [7, 11) is 1.64. The molecule has 2 aromatic carbocycles. The number of nitrogens with zero attached hydrogens (tertiary/aromatic N) is 2. The second-order valence-electron chi connectivity index (χ2n) is 7.96. The van der Waals surface area contributed by atoms with Crippen LogP contribution in [0.25, 0.3) is 0 Å². The van der Waals surface area contributed by atoms with E-state index in [4.69, 9.17) is 19.9 Å². The van der Waals surface area contributed by atoms with Gasteiger partial charge in [0.25, 0.3) is 0 Å². The van der Waals surface area contributed by atoms with Gasteiger partial charge in [0.15, 0.2) is 11.5 Å². The number of hydrogen-bond acceptors (Lipinski definition) is 6. The van der Waals surface area contributed by atoms with Crippen LogP contribution in [-0.4, -0.2) is 36.1 Å². The number of carbonyl (C=O) groups is 1. The van der Waals surface area contributed by atoms with Gasteiger partial charge in [-0.3, -0.25) is 0 Å². The maximum absolute atomic E-state index is 12.5. The predicted octanol–water partition coefficient (Wildman–Crippen LogP) is 4.73. The van der Waals surface area contributed by atoms with Crippen molar-refractivity contribution in [2.45, 2.75) is 57.8 Å². The fourth-order valence-corrected chi connectivity index (χ4v) is 4.07. The minimum absolute atomic E-state index is 0.206. The normalized spacial score (nSPS) is 19.2. The lowest BCUT2D eigenvalue weighted by molar-refractivity contribution is 0.0712. The first-order valence-corrected chi connectivity index (χ1v) is 10.8. The Balaban J connectivity index is 1.65. The molecule has 7 nitrogen and oxygen atoms in total. The van der Waals surface area contributed by atoms with Crippen LogP contribution in [0.3, 0.4) is 0 Å². The summed E-state index contributed by atoms with van der Waals surface area (Å²) in [5, 5.41) is 6.02. The molecule has 1 saturated carbocycles. The SMILES string of the molecule is CCC1OC(=O)N(Cc2cccc(N)c2)N=C1c1ccc(OC)c(OC2CCCC2)c1. The van der Waals surface area contributed by atoms with Crippen molar-refractivity contribution in [2.24, 2.45) is 5.10 Å². The van der Waals surface area contributed by atoms with Crippen LogP contribution in [0.15, 0.2) is 47.6 Å². The van der Waals surface area contributed by atoms with E-state index < -0.39 is 12.2 Å². The van der Waals surface area contributed by atoms with Crippen LogP contribution in [0.4, 0.5) is 10.5 Å². The number of hydrogen-bond donors (Lipinski definition) is 1. The van der Waals surface area contributed by atoms with Crippen LogP contribution in [-0.2, 0) is 11.3 Å². The van der Waals surface area contributed by atoms with Gasteiger partial charge in [0, 0.05) is 11.3 Å². The molecule has 1 unspecified atom stereocenters. The molecule has 7 heteroatoms. The molecule has 2 aliphatic rings. The van der Waals surface area contributed by atoms with Gasteiger partial charge in [-0.25, -0.2) is 4.79 Å². The fraction of sp³-hybridized carbons (Fsp3) is 0.417. The summed E-state index contributed by atoms with van der Waals surface area (Å²) in [5.41, 5.74) is 8.95. The Bertz CT molecular complexity index is 969. The average molecular weight is 424 g/mol. The third-order valence-corrected chi connectivity index (χ3v) is 5.70. The molecule has 0 radical (unpaired) electrons. The first-order chi connectivity index (χ1) is 15.1. The smallest absolute Gasteiger partial charge is 0.431 e. The molecule has 0 spiro atoms. The molecule has 1 aliphatic heterocycles. The number of methoxy groups -OCH3 is 1. The maximum atomic E-state index is 12.5. The molecule has 2 N–H and O–H groups in total. The van der Waals surface area contributed by atoms with Crippen molar-refractivity contribution < 1.29 is 19.0 Å². The van der Waals surface area contributed by atoms with Gasteiger partial charge in [0.2, 0.25) is 0 Å². The zero-order chi connectivity index (χ0) is 21.8. The van der Waals surface area contributed by atoms with Crippen molar-refractivity contribution in [3.63, 3.8) is 0 Å². The summed E-state index contributed by atoms with van der Waals surface area (Å²) >= 11 is 0.